The van der Waals surface area contributed by atoms with E-state index in [2.05, 4.69) is 229 Å². The van der Waals surface area contributed by atoms with Crippen LogP contribution in [0.4, 0.5) is 17.1 Å². The van der Waals surface area contributed by atoms with Crippen LogP contribution in [0.5, 0.6) is 0 Å². The molecule has 11 rings (SSSR count). The van der Waals surface area contributed by atoms with Crippen molar-refractivity contribution in [1.29, 1.82) is 0 Å². The third-order valence-electron chi connectivity index (χ3n) is 11.5. The van der Waals surface area contributed by atoms with Crippen molar-refractivity contribution >= 4 is 70.1 Å². The number of hydrogen-bond donors (Lipinski definition) is 0. The lowest BCUT2D eigenvalue weighted by molar-refractivity contribution is 1.28. The number of thiophene rings is 1. The summed E-state index contributed by atoms with van der Waals surface area (Å²) in [5, 5.41) is 7.65. The Labute approximate surface area is 342 Å². The molecule has 0 unspecified atom stereocenters. The zero-order valence-corrected chi connectivity index (χ0v) is 32.5. The fourth-order valence-corrected chi connectivity index (χ4v) is 9.95. The van der Waals surface area contributed by atoms with Gasteiger partial charge >= 0.3 is 0 Å². The monoisotopic (exact) mass is 755 g/mol. The molecule has 0 saturated carbocycles. The average Bonchev–Trinajstić information content (AvgIpc) is 3.67. The van der Waals surface area contributed by atoms with Crippen molar-refractivity contribution in [3.8, 4) is 44.5 Å². The number of fused-ring (bicyclic) bond motifs is 5. The van der Waals surface area contributed by atoms with Crippen LogP contribution in [0.3, 0.4) is 0 Å². The van der Waals surface area contributed by atoms with E-state index in [1.54, 1.807) is 0 Å². The first-order valence-corrected chi connectivity index (χ1v) is 20.7. The lowest BCUT2D eigenvalue weighted by atomic mass is 9.90. The van der Waals surface area contributed by atoms with Gasteiger partial charge in [-0.2, -0.15) is 0 Å². The first kappa shape index (κ1) is 34.0. The first-order valence-electron chi connectivity index (χ1n) is 19.8. The van der Waals surface area contributed by atoms with Crippen molar-refractivity contribution < 1.29 is 0 Å². The van der Waals surface area contributed by atoms with Gasteiger partial charge in [0.2, 0.25) is 0 Å². The Morgan fingerprint density at radius 2 is 0.862 bits per heavy atom. The van der Waals surface area contributed by atoms with Gasteiger partial charge in [-0.3, -0.25) is 0 Å². The largest absolute Gasteiger partial charge is 0.309 e. The Kier molecular flexibility index (Phi) is 8.42. The molecule has 58 heavy (non-hydrogen) atoms. The number of benzene rings is 10. The van der Waals surface area contributed by atoms with E-state index in [0.29, 0.717) is 0 Å². The number of nitrogens with zero attached hydrogens (tertiary/aromatic N) is 1. The summed E-state index contributed by atoms with van der Waals surface area (Å²) in [5.41, 5.74) is 12.9. The molecule has 11 aromatic rings. The van der Waals surface area contributed by atoms with E-state index in [1.165, 1.54) is 86.2 Å². The molecular formula is C56H37NS. The van der Waals surface area contributed by atoms with Gasteiger partial charge in [-0.15, -0.1) is 11.3 Å². The van der Waals surface area contributed by atoms with E-state index in [9.17, 15) is 0 Å². The van der Waals surface area contributed by atoms with Gasteiger partial charge in [0, 0.05) is 37.0 Å². The van der Waals surface area contributed by atoms with Gasteiger partial charge < -0.3 is 4.90 Å². The molecule has 1 heterocycles. The van der Waals surface area contributed by atoms with Crippen molar-refractivity contribution in [3.05, 3.63) is 224 Å². The molecule has 0 N–H and O–H groups in total. The summed E-state index contributed by atoms with van der Waals surface area (Å²) in [7, 11) is 0. The van der Waals surface area contributed by atoms with Crippen molar-refractivity contribution in [2.75, 3.05) is 4.90 Å². The average molecular weight is 756 g/mol. The predicted molar refractivity (Wildman–Crippen MR) is 251 cm³/mol. The summed E-state index contributed by atoms with van der Waals surface area (Å²) < 4.78 is 2.62. The lowest BCUT2D eigenvalue weighted by Crippen LogP contribution is -2.12. The highest BCUT2D eigenvalue weighted by molar-refractivity contribution is 7.26. The molecule has 0 bridgehead atoms. The molecule has 272 valence electrons. The second kappa shape index (κ2) is 14.4. The van der Waals surface area contributed by atoms with Crippen LogP contribution in [0, 0.1) is 0 Å². The summed E-state index contributed by atoms with van der Waals surface area (Å²) in [6.07, 6.45) is 0. The second-order valence-corrected chi connectivity index (χ2v) is 15.9. The molecule has 0 fully saturated rings. The van der Waals surface area contributed by atoms with E-state index in [1.807, 2.05) is 11.3 Å². The highest BCUT2D eigenvalue weighted by Crippen LogP contribution is 2.49. The highest BCUT2D eigenvalue weighted by atomic mass is 32.1. The van der Waals surface area contributed by atoms with Crippen LogP contribution < -0.4 is 4.90 Å². The van der Waals surface area contributed by atoms with E-state index < -0.39 is 0 Å². The van der Waals surface area contributed by atoms with Gasteiger partial charge in [0.15, 0.2) is 0 Å². The normalized spacial score (nSPS) is 11.4. The topological polar surface area (TPSA) is 3.24 Å². The molecule has 0 amide bonds. The summed E-state index contributed by atoms with van der Waals surface area (Å²) >= 11 is 1.88. The van der Waals surface area contributed by atoms with Gasteiger partial charge in [0.05, 0.1) is 11.4 Å². The summed E-state index contributed by atoms with van der Waals surface area (Å²) in [6, 6.07) is 82.0. The minimum atomic E-state index is 1.09. The number of rotatable bonds is 7. The van der Waals surface area contributed by atoms with Gasteiger partial charge in [0.25, 0.3) is 0 Å². The fraction of sp³-hybridized carbons (Fsp3) is 0. The van der Waals surface area contributed by atoms with Crippen molar-refractivity contribution in [1.82, 2.24) is 0 Å². The second-order valence-electron chi connectivity index (χ2n) is 14.8. The van der Waals surface area contributed by atoms with E-state index >= 15 is 0 Å². The molecule has 0 aliphatic heterocycles. The standard InChI is InChI=1S/C56H37NS/c1-3-16-39(17-4-1)47-24-11-13-28-51(47)57(44-33-30-41(31-34-44)46-27-15-22-38-20-7-9-23-45(38)46)52-35-32-43(36-50(52)40-18-5-2-6-19-40)55-48-25-10-8-21-42(48)37-54-56(55)49-26-12-14-29-53(49)58-54/h1-37H. The molecule has 2 heteroatoms. The molecule has 1 aromatic heterocycles. The predicted octanol–water partition coefficient (Wildman–Crippen LogP) is 16.5. The van der Waals surface area contributed by atoms with Crippen LogP contribution in [0.25, 0.3) is 86.2 Å². The van der Waals surface area contributed by atoms with Crippen LogP contribution in [-0.2, 0) is 0 Å². The highest BCUT2D eigenvalue weighted by Gasteiger charge is 2.23. The maximum absolute atomic E-state index is 2.46. The zero-order valence-electron chi connectivity index (χ0n) is 31.7. The van der Waals surface area contributed by atoms with E-state index in [4.69, 9.17) is 0 Å². The maximum Gasteiger partial charge on any atom is 0.0540 e. The minimum Gasteiger partial charge on any atom is -0.309 e. The van der Waals surface area contributed by atoms with Gasteiger partial charge in [-0.1, -0.05) is 182 Å². The Hall–Kier alpha value is -7.26. The summed E-state index contributed by atoms with van der Waals surface area (Å²) in [5.74, 6) is 0. The maximum atomic E-state index is 2.46. The van der Waals surface area contributed by atoms with Crippen molar-refractivity contribution in [2.24, 2.45) is 0 Å². The van der Waals surface area contributed by atoms with E-state index in [-0.39, 0.29) is 0 Å². The smallest absolute Gasteiger partial charge is 0.0540 e. The van der Waals surface area contributed by atoms with Crippen LogP contribution in [0.1, 0.15) is 0 Å². The van der Waals surface area contributed by atoms with Gasteiger partial charge in [-0.05, 0) is 97.4 Å². The summed E-state index contributed by atoms with van der Waals surface area (Å²) in [6.45, 7) is 0. The van der Waals surface area contributed by atoms with Crippen LogP contribution >= 0.6 is 11.3 Å². The molecule has 0 aliphatic rings. The Morgan fingerprint density at radius 3 is 1.66 bits per heavy atom. The molecule has 0 radical (unpaired) electrons. The Balaban J connectivity index is 1.17. The molecule has 0 saturated heterocycles. The molecular weight excluding hydrogens is 719 g/mol. The minimum absolute atomic E-state index is 1.09. The quantitative estimate of drug-likeness (QED) is 0.157. The first-order chi connectivity index (χ1) is 28.8. The van der Waals surface area contributed by atoms with Crippen molar-refractivity contribution in [2.45, 2.75) is 0 Å². The number of para-hydroxylation sites is 1. The molecule has 0 spiro atoms. The van der Waals surface area contributed by atoms with Crippen LogP contribution in [-0.4, -0.2) is 0 Å². The molecule has 0 aliphatic carbocycles. The number of anilines is 3. The number of hydrogen-bond acceptors (Lipinski definition) is 2. The molecule has 0 atom stereocenters. The van der Waals surface area contributed by atoms with Crippen molar-refractivity contribution in [3.63, 3.8) is 0 Å². The lowest BCUT2D eigenvalue weighted by Gasteiger charge is -2.30. The van der Waals surface area contributed by atoms with Crippen LogP contribution in [0.15, 0.2) is 224 Å². The van der Waals surface area contributed by atoms with Gasteiger partial charge in [-0.25, -0.2) is 0 Å². The summed E-state index contributed by atoms with van der Waals surface area (Å²) in [4.78, 5) is 2.46. The SMILES string of the molecule is c1ccc(-c2ccccc2N(c2ccc(-c3cccc4ccccc34)cc2)c2ccc(-c3c4ccccc4cc4sc5ccccc5c34)cc2-c2ccccc2)cc1. The van der Waals surface area contributed by atoms with Crippen LogP contribution in [0.2, 0.25) is 0 Å². The van der Waals surface area contributed by atoms with E-state index in [0.717, 1.165) is 17.1 Å². The molecule has 1 nitrogen and oxygen atoms in total. The Morgan fingerprint density at radius 1 is 0.310 bits per heavy atom. The molecule has 10 aromatic carbocycles. The third kappa shape index (κ3) is 5.86. The zero-order chi connectivity index (χ0) is 38.4. The van der Waals surface area contributed by atoms with Gasteiger partial charge in [0.1, 0.15) is 0 Å². The third-order valence-corrected chi connectivity index (χ3v) is 12.6. The Bertz CT molecular complexity index is 3270. The fourth-order valence-electron chi connectivity index (χ4n) is 8.79.